The van der Waals surface area contributed by atoms with Gasteiger partial charge in [-0.1, -0.05) is 0 Å². The second-order valence-electron chi connectivity index (χ2n) is 6.80. The molecule has 0 aromatic carbocycles. The van der Waals surface area contributed by atoms with E-state index in [9.17, 15) is 0 Å². The highest BCUT2D eigenvalue weighted by Gasteiger charge is 2.38. The van der Waals surface area contributed by atoms with Crippen molar-refractivity contribution in [1.29, 1.82) is 0 Å². The van der Waals surface area contributed by atoms with Crippen molar-refractivity contribution in [3.8, 4) is 0 Å². The number of aryl methyl sites for hydroxylation is 1. The summed E-state index contributed by atoms with van der Waals surface area (Å²) in [5, 5.41) is 11.8. The Balaban J connectivity index is 1.62. The van der Waals surface area contributed by atoms with Crippen molar-refractivity contribution < 1.29 is 4.74 Å². The zero-order valence-corrected chi connectivity index (χ0v) is 14.5. The molecule has 1 spiro atoms. The Kier molecular flexibility index (Phi) is 4.84. The number of likely N-dealkylation sites (tertiary alicyclic amines) is 1. The van der Waals surface area contributed by atoms with Gasteiger partial charge in [0.15, 0.2) is 11.8 Å². The molecule has 0 saturated carbocycles. The molecule has 1 unspecified atom stereocenters. The molecule has 0 radical (unpaired) electrons. The molecule has 7 heteroatoms. The van der Waals surface area contributed by atoms with E-state index in [1.807, 2.05) is 25.6 Å². The molecule has 0 bridgehead atoms. The van der Waals surface area contributed by atoms with Crippen LogP contribution in [-0.4, -0.2) is 59.0 Å². The van der Waals surface area contributed by atoms with Gasteiger partial charge >= 0.3 is 0 Å². The van der Waals surface area contributed by atoms with Crippen molar-refractivity contribution in [1.82, 2.24) is 25.0 Å². The molecule has 128 valence electrons. The zero-order chi connectivity index (χ0) is 16.3. The highest BCUT2D eigenvalue weighted by molar-refractivity contribution is 5.80. The molecule has 3 rings (SSSR count). The Labute approximate surface area is 138 Å². The van der Waals surface area contributed by atoms with Crippen LogP contribution in [0.2, 0.25) is 0 Å². The predicted molar refractivity (Wildman–Crippen MR) is 89.2 cm³/mol. The number of aromatic nitrogens is 3. The van der Waals surface area contributed by atoms with Crippen LogP contribution in [0.15, 0.2) is 4.99 Å². The van der Waals surface area contributed by atoms with Gasteiger partial charge in [0.25, 0.3) is 0 Å². The number of rotatable bonds is 2. The Bertz CT molecular complexity index is 555. The molecule has 0 amide bonds. The molecule has 3 heterocycles. The van der Waals surface area contributed by atoms with Gasteiger partial charge in [-0.25, -0.2) is 0 Å². The summed E-state index contributed by atoms with van der Waals surface area (Å²) in [7, 11) is 3.84. The lowest BCUT2D eigenvalue weighted by atomic mass is 9.76. The number of hydrogen-bond acceptors (Lipinski definition) is 4. The Morgan fingerprint density at radius 3 is 2.83 bits per heavy atom. The van der Waals surface area contributed by atoms with Crippen molar-refractivity contribution in [3.63, 3.8) is 0 Å². The normalized spacial score (nSPS) is 25.9. The number of aliphatic imine (C=N–C) groups is 1. The van der Waals surface area contributed by atoms with E-state index in [4.69, 9.17) is 4.74 Å². The first-order valence-corrected chi connectivity index (χ1v) is 8.52. The van der Waals surface area contributed by atoms with Crippen LogP contribution < -0.4 is 5.32 Å². The Morgan fingerprint density at radius 2 is 2.17 bits per heavy atom. The summed E-state index contributed by atoms with van der Waals surface area (Å²) >= 11 is 0. The quantitative estimate of drug-likeness (QED) is 0.653. The number of piperidine rings is 1. The smallest absolute Gasteiger partial charge is 0.194 e. The maximum atomic E-state index is 5.76. The van der Waals surface area contributed by atoms with E-state index in [0.29, 0.717) is 12.0 Å². The molecular formula is C16H28N6O. The monoisotopic (exact) mass is 320 g/mol. The second-order valence-corrected chi connectivity index (χ2v) is 6.80. The van der Waals surface area contributed by atoms with Crippen LogP contribution in [-0.2, 0) is 18.3 Å². The number of guanidine groups is 1. The maximum absolute atomic E-state index is 5.76. The second kappa shape index (κ2) is 6.86. The Morgan fingerprint density at radius 1 is 1.35 bits per heavy atom. The van der Waals surface area contributed by atoms with Gasteiger partial charge in [-0.3, -0.25) is 4.99 Å². The van der Waals surface area contributed by atoms with Crippen LogP contribution in [0.1, 0.15) is 37.3 Å². The molecule has 23 heavy (non-hydrogen) atoms. The van der Waals surface area contributed by atoms with Crippen molar-refractivity contribution in [2.75, 3.05) is 33.4 Å². The third-order valence-electron chi connectivity index (χ3n) is 5.16. The van der Waals surface area contributed by atoms with Crippen LogP contribution in [0.25, 0.3) is 0 Å². The summed E-state index contributed by atoms with van der Waals surface area (Å²) in [6.07, 6.45) is 4.91. The summed E-state index contributed by atoms with van der Waals surface area (Å²) in [4.78, 5) is 6.85. The van der Waals surface area contributed by atoms with Crippen molar-refractivity contribution in [3.05, 3.63) is 11.6 Å². The fourth-order valence-electron chi connectivity index (χ4n) is 3.72. The molecule has 2 aliphatic heterocycles. The first kappa shape index (κ1) is 16.2. The maximum Gasteiger partial charge on any atom is 0.194 e. The van der Waals surface area contributed by atoms with E-state index < -0.39 is 0 Å². The molecule has 2 aliphatic rings. The first-order valence-electron chi connectivity index (χ1n) is 8.52. The van der Waals surface area contributed by atoms with Crippen LogP contribution >= 0.6 is 0 Å². The van der Waals surface area contributed by atoms with E-state index in [0.717, 1.165) is 43.9 Å². The van der Waals surface area contributed by atoms with Crippen LogP contribution in [0.4, 0.5) is 0 Å². The van der Waals surface area contributed by atoms with Gasteiger partial charge in [-0.15, -0.1) is 10.2 Å². The third kappa shape index (κ3) is 3.49. The lowest BCUT2D eigenvalue weighted by Gasteiger charge is -2.45. The van der Waals surface area contributed by atoms with E-state index in [2.05, 4.69) is 25.4 Å². The minimum Gasteiger partial charge on any atom is -0.381 e. The Hall–Kier alpha value is -1.63. The van der Waals surface area contributed by atoms with Crippen LogP contribution in [0, 0.1) is 12.3 Å². The molecule has 0 aliphatic carbocycles. The number of nitrogens with one attached hydrogen (secondary N) is 1. The van der Waals surface area contributed by atoms with Crippen molar-refractivity contribution in [2.24, 2.45) is 17.5 Å². The fraction of sp³-hybridized carbons (Fsp3) is 0.812. The minimum absolute atomic E-state index is 0.315. The average Bonchev–Trinajstić information content (AvgIpc) is 2.88. The predicted octanol–water partition coefficient (Wildman–Crippen LogP) is 1.09. The van der Waals surface area contributed by atoms with Gasteiger partial charge in [0.2, 0.25) is 0 Å². The van der Waals surface area contributed by atoms with Gasteiger partial charge < -0.3 is 19.5 Å². The van der Waals surface area contributed by atoms with Gasteiger partial charge in [-0.05, 0) is 32.6 Å². The third-order valence-corrected chi connectivity index (χ3v) is 5.16. The molecule has 2 fully saturated rings. The van der Waals surface area contributed by atoms with Crippen LogP contribution in [0.5, 0.6) is 0 Å². The molecule has 1 aromatic heterocycles. The minimum atomic E-state index is 0.315. The molecule has 1 aromatic rings. The van der Waals surface area contributed by atoms with Gasteiger partial charge in [-0.2, -0.15) is 0 Å². The molecule has 7 nitrogen and oxygen atoms in total. The summed E-state index contributed by atoms with van der Waals surface area (Å²) in [5.74, 6) is 2.81. The van der Waals surface area contributed by atoms with E-state index in [1.165, 1.54) is 25.7 Å². The van der Waals surface area contributed by atoms with E-state index in [-0.39, 0.29) is 0 Å². The van der Waals surface area contributed by atoms with E-state index >= 15 is 0 Å². The van der Waals surface area contributed by atoms with E-state index in [1.54, 1.807) is 0 Å². The highest BCUT2D eigenvalue weighted by Crippen LogP contribution is 2.37. The lowest BCUT2D eigenvalue weighted by molar-refractivity contribution is -0.0370. The SMILES string of the molecule is CN=C(NCc1nnc(C)n1C)N1CCCC2(CCCOC2)C1. The van der Waals surface area contributed by atoms with Crippen LogP contribution in [0.3, 0.4) is 0 Å². The topological polar surface area (TPSA) is 67.6 Å². The standard InChI is InChI=1S/C16H28N6O/c1-13-19-20-14(21(13)3)10-18-15(17-2)22-8-4-6-16(11-22)7-5-9-23-12-16/h4-12H2,1-3H3,(H,17,18). The molecule has 1 N–H and O–H groups in total. The van der Waals surface area contributed by atoms with Gasteiger partial charge in [0.05, 0.1) is 13.2 Å². The average molecular weight is 320 g/mol. The first-order chi connectivity index (χ1) is 11.1. The number of ether oxygens (including phenoxy) is 1. The van der Waals surface area contributed by atoms with Crippen molar-refractivity contribution in [2.45, 2.75) is 39.2 Å². The molecule has 2 saturated heterocycles. The largest absolute Gasteiger partial charge is 0.381 e. The summed E-state index contributed by atoms with van der Waals surface area (Å²) in [6.45, 7) is 6.50. The summed E-state index contributed by atoms with van der Waals surface area (Å²) < 4.78 is 7.77. The van der Waals surface area contributed by atoms with Gasteiger partial charge in [0.1, 0.15) is 5.82 Å². The van der Waals surface area contributed by atoms with Crippen molar-refractivity contribution >= 4 is 5.96 Å². The number of hydrogen-bond donors (Lipinski definition) is 1. The fourth-order valence-corrected chi connectivity index (χ4v) is 3.72. The molecular weight excluding hydrogens is 292 g/mol. The highest BCUT2D eigenvalue weighted by atomic mass is 16.5. The lowest BCUT2D eigenvalue weighted by Crippen LogP contribution is -2.52. The van der Waals surface area contributed by atoms with Gasteiger partial charge in [0, 0.05) is 39.2 Å². The molecule has 1 atom stereocenters. The summed E-state index contributed by atoms with van der Waals surface area (Å²) in [5.41, 5.74) is 0.315. The summed E-state index contributed by atoms with van der Waals surface area (Å²) in [6, 6.07) is 0. The number of nitrogens with zero attached hydrogens (tertiary/aromatic N) is 5. The zero-order valence-electron chi connectivity index (χ0n) is 14.5.